The zero-order valence-corrected chi connectivity index (χ0v) is 6.11. The van der Waals surface area contributed by atoms with Gasteiger partial charge in [-0.3, -0.25) is 0 Å². The van der Waals surface area contributed by atoms with Crippen molar-refractivity contribution in [2.45, 2.75) is 0 Å². The maximum Gasteiger partial charge on any atom is 0.373 e. The highest BCUT2D eigenvalue weighted by atomic mass is 35.5. The van der Waals surface area contributed by atoms with Crippen molar-refractivity contribution in [2.24, 2.45) is 0 Å². The Hall–Kier alpha value is -0.670. The summed E-state index contributed by atoms with van der Waals surface area (Å²) >= 11 is 10.7. The van der Waals surface area contributed by atoms with Crippen LogP contribution in [0.25, 0.3) is 0 Å². The first-order chi connectivity index (χ1) is 4.61. The van der Waals surface area contributed by atoms with Gasteiger partial charge in [0.15, 0.2) is 5.22 Å². The smallest absolute Gasteiger partial charge is 0.373 e. The number of aromatic carboxylic acids is 1. The summed E-state index contributed by atoms with van der Waals surface area (Å²) in [7, 11) is 0. The molecule has 1 aromatic heterocycles. The van der Waals surface area contributed by atoms with Gasteiger partial charge in [0.25, 0.3) is 0 Å². The number of carbonyl (C=O) groups is 1. The molecule has 10 heavy (non-hydrogen) atoms. The minimum atomic E-state index is -1.23. The normalized spacial score (nSPS) is 9.80. The molecule has 0 saturated carbocycles. The molecule has 1 rings (SSSR count). The lowest BCUT2D eigenvalue weighted by Crippen LogP contribution is -1.92. The van der Waals surface area contributed by atoms with Crippen LogP contribution in [0.3, 0.4) is 0 Å². The van der Waals surface area contributed by atoms with Gasteiger partial charge >= 0.3 is 5.97 Å². The molecule has 5 heteroatoms. The highest BCUT2D eigenvalue weighted by Gasteiger charge is 2.14. The van der Waals surface area contributed by atoms with Gasteiger partial charge in [0.2, 0.25) is 5.76 Å². The summed E-state index contributed by atoms with van der Waals surface area (Å²) in [4.78, 5) is 10.2. The standard InChI is InChI=1S/C5H2Cl2O3/c6-2-1-3(7)10-4(2)5(8)9/h1H,(H,8,9). The van der Waals surface area contributed by atoms with Crippen molar-refractivity contribution >= 4 is 29.2 Å². The van der Waals surface area contributed by atoms with E-state index in [-0.39, 0.29) is 16.0 Å². The van der Waals surface area contributed by atoms with Crippen LogP contribution in [0.2, 0.25) is 10.2 Å². The minimum Gasteiger partial charge on any atom is -0.475 e. The average molecular weight is 181 g/mol. The van der Waals surface area contributed by atoms with Crippen molar-refractivity contribution in [1.29, 1.82) is 0 Å². The van der Waals surface area contributed by atoms with Crippen molar-refractivity contribution in [3.8, 4) is 0 Å². The van der Waals surface area contributed by atoms with Gasteiger partial charge in [0.1, 0.15) is 0 Å². The monoisotopic (exact) mass is 180 g/mol. The molecule has 0 amide bonds. The number of carboxylic acid groups (broad SMARTS) is 1. The van der Waals surface area contributed by atoms with E-state index in [1.54, 1.807) is 0 Å². The molecule has 0 spiro atoms. The molecule has 3 nitrogen and oxygen atoms in total. The maximum absolute atomic E-state index is 10.2. The zero-order valence-electron chi connectivity index (χ0n) is 4.60. The van der Waals surface area contributed by atoms with Crippen molar-refractivity contribution in [1.82, 2.24) is 0 Å². The van der Waals surface area contributed by atoms with Crippen LogP contribution < -0.4 is 0 Å². The lowest BCUT2D eigenvalue weighted by Gasteiger charge is -1.84. The highest BCUT2D eigenvalue weighted by Crippen LogP contribution is 2.23. The topological polar surface area (TPSA) is 50.4 Å². The van der Waals surface area contributed by atoms with Crippen LogP contribution >= 0.6 is 23.2 Å². The predicted molar refractivity (Wildman–Crippen MR) is 35.7 cm³/mol. The fraction of sp³-hybridized carbons (Fsp3) is 0. The third-order valence-electron chi connectivity index (χ3n) is 0.851. The van der Waals surface area contributed by atoms with Crippen LogP contribution in [0, 0.1) is 0 Å². The molecule has 0 fully saturated rings. The molecule has 0 saturated heterocycles. The molecule has 0 atom stereocenters. The van der Waals surface area contributed by atoms with Gasteiger partial charge in [0.05, 0.1) is 5.02 Å². The fourth-order valence-corrected chi connectivity index (χ4v) is 0.947. The van der Waals surface area contributed by atoms with Crippen molar-refractivity contribution in [3.05, 3.63) is 22.1 Å². The molecular weight excluding hydrogens is 179 g/mol. The van der Waals surface area contributed by atoms with Crippen molar-refractivity contribution < 1.29 is 14.3 Å². The van der Waals surface area contributed by atoms with Crippen LogP contribution in [0.4, 0.5) is 0 Å². The molecule has 0 aliphatic heterocycles. The lowest BCUT2D eigenvalue weighted by molar-refractivity contribution is 0.0663. The van der Waals surface area contributed by atoms with Crippen LogP contribution in [-0.2, 0) is 0 Å². The van der Waals surface area contributed by atoms with E-state index < -0.39 is 5.97 Å². The average Bonchev–Trinajstić information content (AvgIpc) is 2.10. The summed E-state index contributed by atoms with van der Waals surface area (Å²) in [5.74, 6) is -1.55. The van der Waals surface area contributed by atoms with Crippen LogP contribution in [-0.4, -0.2) is 11.1 Å². The number of hydrogen-bond donors (Lipinski definition) is 1. The Balaban J connectivity index is 3.15. The van der Waals surface area contributed by atoms with Gasteiger partial charge in [-0.15, -0.1) is 0 Å². The maximum atomic E-state index is 10.2. The van der Waals surface area contributed by atoms with Crippen molar-refractivity contribution in [2.75, 3.05) is 0 Å². The molecule has 0 aliphatic carbocycles. The Morgan fingerprint density at radius 1 is 1.60 bits per heavy atom. The van der Waals surface area contributed by atoms with Crippen molar-refractivity contribution in [3.63, 3.8) is 0 Å². The Bertz CT molecular complexity index is 266. The molecule has 0 unspecified atom stereocenters. The second-order valence-corrected chi connectivity index (χ2v) is 2.31. The van der Waals surface area contributed by atoms with Gasteiger partial charge in [-0.05, 0) is 11.6 Å². The van der Waals surface area contributed by atoms with E-state index in [0.717, 1.165) is 0 Å². The zero-order chi connectivity index (χ0) is 7.72. The first kappa shape index (κ1) is 7.44. The van der Waals surface area contributed by atoms with Gasteiger partial charge in [-0.25, -0.2) is 4.79 Å². The summed E-state index contributed by atoms with van der Waals surface area (Å²) in [5, 5.41) is 8.33. The largest absolute Gasteiger partial charge is 0.475 e. The molecule has 54 valence electrons. The summed E-state index contributed by atoms with van der Waals surface area (Å²) in [6.45, 7) is 0. The quantitative estimate of drug-likeness (QED) is 0.722. The number of furan rings is 1. The summed E-state index contributed by atoms with van der Waals surface area (Å²) < 4.78 is 4.51. The van der Waals surface area contributed by atoms with Crippen LogP contribution in [0.5, 0.6) is 0 Å². The van der Waals surface area contributed by atoms with E-state index in [4.69, 9.17) is 28.3 Å². The lowest BCUT2D eigenvalue weighted by atomic mass is 10.5. The van der Waals surface area contributed by atoms with Gasteiger partial charge in [-0.1, -0.05) is 11.6 Å². The van der Waals surface area contributed by atoms with E-state index in [2.05, 4.69) is 4.42 Å². The van der Waals surface area contributed by atoms with E-state index >= 15 is 0 Å². The molecule has 0 aliphatic rings. The Morgan fingerprint density at radius 2 is 2.20 bits per heavy atom. The predicted octanol–water partition coefficient (Wildman–Crippen LogP) is 2.28. The SMILES string of the molecule is O=C(O)c1oc(Cl)cc1Cl. The number of halogens is 2. The fourth-order valence-electron chi connectivity index (χ4n) is 0.487. The van der Waals surface area contributed by atoms with Gasteiger partial charge < -0.3 is 9.52 Å². The third-order valence-corrected chi connectivity index (χ3v) is 1.32. The first-order valence-corrected chi connectivity index (χ1v) is 3.05. The number of carboxylic acids is 1. The molecule has 1 heterocycles. The van der Waals surface area contributed by atoms with Crippen LogP contribution in [0.15, 0.2) is 10.5 Å². The van der Waals surface area contributed by atoms with Gasteiger partial charge in [-0.2, -0.15) is 0 Å². The van der Waals surface area contributed by atoms with Crippen LogP contribution in [0.1, 0.15) is 10.6 Å². The second-order valence-electron chi connectivity index (χ2n) is 1.53. The summed E-state index contributed by atoms with van der Waals surface area (Å²) in [6.07, 6.45) is 0. The Morgan fingerprint density at radius 3 is 2.40 bits per heavy atom. The first-order valence-electron chi connectivity index (χ1n) is 2.29. The Labute approximate surface area is 66.2 Å². The van der Waals surface area contributed by atoms with E-state index in [1.807, 2.05) is 0 Å². The molecule has 0 aromatic carbocycles. The summed E-state index contributed by atoms with van der Waals surface area (Å²) in [6, 6.07) is 1.23. The molecule has 0 radical (unpaired) electrons. The molecular formula is C5H2Cl2O3. The summed E-state index contributed by atoms with van der Waals surface area (Å²) in [5.41, 5.74) is 0. The third kappa shape index (κ3) is 1.25. The minimum absolute atomic E-state index is 0.0116. The second kappa shape index (κ2) is 2.52. The van der Waals surface area contributed by atoms with Gasteiger partial charge in [0, 0.05) is 6.07 Å². The highest BCUT2D eigenvalue weighted by molar-refractivity contribution is 6.35. The molecule has 1 N–H and O–H groups in total. The Kier molecular flexibility index (Phi) is 1.87. The number of rotatable bonds is 1. The van der Waals surface area contributed by atoms with E-state index in [1.165, 1.54) is 6.07 Å². The molecule has 1 aromatic rings. The number of hydrogen-bond acceptors (Lipinski definition) is 2. The van der Waals surface area contributed by atoms with E-state index in [0.29, 0.717) is 0 Å². The molecule has 0 bridgehead atoms. The van der Waals surface area contributed by atoms with E-state index in [9.17, 15) is 4.79 Å².